The maximum absolute atomic E-state index is 12.0. The third kappa shape index (κ3) is 4.91. The van der Waals surface area contributed by atoms with Gasteiger partial charge >= 0.3 is 0 Å². The lowest BCUT2D eigenvalue weighted by atomic mass is 9.94. The molecule has 0 fully saturated rings. The summed E-state index contributed by atoms with van der Waals surface area (Å²) in [4.78, 5) is 12.0. The van der Waals surface area contributed by atoms with E-state index in [1.807, 2.05) is 45.0 Å². The molecular formula is C15H24N2O2. The normalized spacial score (nSPS) is 12.9. The highest BCUT2D eigenvalue weighted by Gasteiger charge is 2.20. The van der Waals surface area contributed by atoms with Gasteiger partial charge in [-0.15, -0.1) is 0 Å². The average Bonchev–Trinajstić information content (AvgIpc) is 2.33. The quantitative estimate of drug-likeness (QED) is 0.855. The van der Waals surface area contributed by atoms with Crippen LogP contribution in [0.4, 0.5) is 0 Å². The van der Waals surface area contributed by atoms with Gasteiger partial charge in [-0.3, -0.25) is 4.79 Å². The van der Waals surface area contributed by atoms with Gasteiger partial charge in [0.05, 0.1) is 7.11 Å². The summed E-state index contributed by atoms with van der Waals surface area (Å²) in [5.41, 5.74) is 6.56. The van der Waals surface area contributed by atoms with E-state index < -0.39 is 0 Å². The number of hydrogen-bond donors (Lipinski definition) is 2. The molecule has 1 amide bonds. The van der Waals surface area contributed by atoms with Crippen molar-refractivity contribution in [2.45, 2.75) is 38.6 Å². The van der Waals surface area contributed by atoms with Crippen molar-refractivity contribution in [2.24, 2.45) is 5.73 Å². The Balaban J connectivity index is 2.81. The largest absolute Gasteiger partial charge is 0.496 e. The van der Waals surface area contributed by atoms with Crippen LogP contribution in [-0.2, 0) is 4.79 Å². The van der Waals surface area contributed by atoms with Crippen molar-refractivity contribution in [2.75, 3.05) is 13.7 Å². The average molecular weight is 264 g/mol. The molecule has 1 aromatic carbocycles. The number of hydrogen-bond acceptors (Lipinski definition) is 3. The van der Waals surface area contributed by atoms with Gasteiger partial charge < -0.3 is 15.8 Å². The Morgan fingerprint density at radius 3 is 2.53 bits per heavy atom. The Labute approximate surface area is 115 Å². The first kappa shape index (κ1) is 15.5. The Kier molecular flexibility index (Phi) is 5.36. The summed E-state index contributed by atoms with van der Waals surface area (Å²) in [6.45, 7) is 6.31. The zero-order valence-corrected chi connectivity index (χ0v) is 12.2. The molecule has 0 aliphatic carbocycles. The molecule has 0 aromatic heterocycles. The number of methoxy groups -OCH3 is 1. The second-order valence-corrected chi connectivity index (χ2v) is 5.68. The van der Waals surface area contributed by atoms with Crippen LogP contribution in [0.3, 0.4) is 0 Å². The lowest BCUT2D eigenvalue weighted by molar-refractivity contribution is -0.122. The molecule has 0 aliphatic heterocycles. The second-order valence-electron chi connectivity index (χ2n) is 5.68. The van der Waals surface area contributed by atoms with Crippen LogP contribution in [0.2, 0.25) is 0 Å². The minimum atomic E-state index is -0.225. The lowest BCUT2D eigenvalue weighted by Gasteiger charge is -2.23. The maximum Gasteiger partial charge on any atom is 0.221 e. The minimum absolute atomic E-state index is 0.00820. The fourth-order valence-electron chi connectivity index (χ4n) is 2.02. The van der Waals surface area contributed by atoms with Crippen molar-refractivity contribution in [3.63, 3.8) is 0 Å². The summed E-state index contributed by atoms with van der Waals surface area (Å²) in [7, 11) is 1.63. The predicted molar refractivity (Wildman–Crippen MR) is 77.3 cm³/mol. The maximum atomic E-state index is 12.0. The molecule has 0 saturated heterocycles. The van der Waals surface area contributed by atoms with E-state index in [9.17, 15) is 4.79 Å². The Morgan fingerprint density at radius 1 is 1.37 bits per heavy atom. The number of carbonyl (C=O) groups is 1. The topological polar surface area (TPSA) is 64.3 Å². The smallest absolute Gasteiger partial charge is 0.221 e. The first-order valence-electron chi connectivity index (χ1n) is 6.51. The van der Waals surface area contributed by atoms with Crippen LogP contribution < -0.4 is 15.8 Å². The number of amides is 1. The Hall–Kier alpha value is -1.55. The summed E-state index contributed by atoms with van der Waals surface area (Å²) >= 11 is 0. The van der Waals surface area contributed by atoms with Crippen LogP contribution in [0.15, 0.2) is 24.3 Å². The van der Waals surface area contributed by atoms with Gasteiger partial charge in [0.1, 0.15) is 5.75 Å². The number of rotatable bonds is 5. The van der Waals surface area contributed by atoms with E-state index in [0.29, 0.717) is 13.0 Å². The molecule has 4 nitrogen and oxygen atoms in total. The number of nitrogens with two attached hydrogens (primary N) is 1. The van der Waals surface area contributed by atoms with Gasteiger partial charge in [0.15, 0.2) is 0 Å². The molecule has 1 aromatic rings. The SMILES string of the molecule is COc1ccccc1C(CN)CC(=O)NC(C)(C)C. The number of carbonyl (C=O) groups excluding carboxylic acids is 1. The van der Waals surface area contributed by atoms with Gasteiger partial charge in [0, 0.05) is 17.9 Å². The summed E-state index contributed by atoms with van der Waals surface area (Å²) in [5.74, 6) is 0.758. The molecule has 3 N–H and O–H groups in total. The number of nitrogens with one attached hydrogen (secondary N) is 1. The van der Waals surface area contributed by atoms with Crippen molar-refractivity contribution in [1.82, 2.24) is 5.32 Å². The first-order valence-corrected chi connectivity index (χ1v) is 6.51. The zero-order chi connectivity index (χ0) is 14.5. The monoisotopic (exact) mass is 264 g/mol. The third-order valence-electron chi connectivity index (χ3n) is 2.81. The highest BCUT2D eigenvalue weighted by Crippen LogP contribution is 2.28. The van der Waals surface area contributed by atoms with Gasteiger partial charge in [-0.2, -0.15) is 0 Å². The summed E-state index contributed by atoms with van der Waals surface area (Å²) in [6, 6.07) is 7.69. The van der Waals surface area contributed by atoms with Crippen LogP contribution in [0.5, 0.6) is 5.75 Å². The van der Waals surface area contributed by atoms with Gasteiger partial charge in [-0.25, -0.2) is 0 Å². The van der Waals surface area contributed by atoms with Crippen LogP contribution in [0.1, 0.15) is 38.7 Å². The molecule has 0 bridgehead atoms. The molecule has 0 spiro atoms. The van der Waals surface area contributed by atoms with E-state index in [-0.39, 0.29) is 17.4 Å². The Bertz CT molecular complexity index is 424. The van der Waals surface area contributed by atoms with Gasteiger partial charge in [-0.1, -0.05) is 18.2 Å². The molecule has 4 heteroatoms. The van der Waals surface area contributed by atoms with Crippen LogP contribution >= 0.6 is 0 Å². The van der Waals surface area contributed by atoms with Crippen molar-refractivity contribution in [1.29, 1.82) is 0 Å². The molecule has 0 aliphatic rings. The number of benzene rings is 1. The molecule has 106 valence electrons. The van der Waals surface area contributed by atoms with Crippen LogP contribution in [0, 0.1) is 0 Å². The van der Waals surface area contributed by atoms with Crippen molar-refractivity contribution < 1.29 is 9.53 Å². The number of ether oxygens (including phenoxy) is 1. The lowest BCUT2D eigenvalue weighted by Crippen LogP contribution is -2.41. The Morgan fingerprint density at radius 2 is 2.00 bits per heavy atom. The molecule has 1 rings (SSSR count). The fourth-order valence-corrected chi connectivity index (χ4v) is 2.02. The third-order valence-corrected chi connectivity index (χ3v) is 2.81. The van der Waals surface area contributed by atoms with E-state index >= 15 is 0 Å². The van der Waals surface area contributed by atoms with E-state index in [4.69, 9.17) is 10.5 Å². The first-order chi connectivity index (χ1) is 8.87. The molecular weight excluding hydrogens is 240 g/mol. The highest BCUT2D eigenvalue weighted by atomic mass is 16.5. The summed E-state index contributed by atoms with van der Waals surface area (Å²) in [6.07, 6.45) is 0.369. The highest BCUT2D eigenvalue weighted by molar-refractivity contribution is 5.77. The minimum Gasteiger partial charge on any atom is -0.496 e. The van der Waals surface area contributed by atoms with Gasteiger partial charge in [-0.05, 0) is 38.9 Å². The van der Waals surface area contributed by atoms with Gasteiger partial charge in [0.2, 0.25) is 5.91 Å². The van der Waals surface area contributed by atoms with Crippen LogP contribution in [0.25, 0.3) is 0 Å². The molecule has 1 atom stereocenters. The predicted octanol–water partition coefficient (Wildman–Crippen LogP) is 2.04. The molecule has 0 heterocycles. The van der Waals surface area contributed by atoms with E-state index in [1.54, 1.807) is 7.11 Å². The molecule has 0 saturated carbocycles. The molecule has 1 unspecified atom stereocenters. The van der Waals surface area contributed by atoms with Crippen LogP contribution in [-0.4, -0.2) is 25.1 Å². The van der Waals surface area contributed by atoms with Crippen molar-refractivity contribution in [3.05, 3.63) is 29.8 Å². The fraction of sp³-hybridized carbons (Fsp3) is 0.533. The van der Waals surface area contributed by atoms with E-state index in [1.165, 1.54) is 0 Å². The van der Waals surface area contributed by atoms with Crippen molar-refractivity contribution >= 4 is 5.91 Å². The van der Waals surface area contributed by atoms with Crippen molar-refractivity contribution in [3.8, 4) is 5.75 Å². The van der Waals surface area contributed by atoms with E-state index in [2.05, 4.69) is 5.32 Å². The molecule has 19 heavy (non-hydrogen) atoms. The molecule has 0 radical (unpaired) electrons. The van der Waals surface area contributed by atoms with Gasteiger partial charge in [0.25, 0.3) is 0 Å². The second kappa shape index (κ2) is 6.57. The standard InChI is InChI=1S/C15H24N2O2/c1-15(2,3)17-14(18)9-11(10-16)12-7-5-6-8-13(12)19-4/h5-8,11H,9-10,16H2,1-4H3,(H,17,18). The number of para-hydroxylation sites is 1. The summed E-state index contributed by atoms with van der Waals surface area (Å²) < 4.78 is 5.32. The van der Waals surface area contributed by atoms with E-state index in [0.717, 1.165) is 11.3 Å². The summed E-state index contributed by atoms with van der Waals surface area (Å²) in [5, 5.41) is 2.96. The zero-order valence-electron chi connectivity index (χ0n) is 12.2.